The molecule has 1 aromatic carbocycles. The molecule has 0 spiro atoms. The van der Waals surface area contributed by atoms with Crippen LogP contribution < -0.4 is 0 Å². The van der Waals surface area contributed by atoms with Crippen molar-refractivity contribution in [1.82, 2.24) is 9.97 Å². The minimum absolute atomic E-state index is 0.817. The number of unbranched alkanes of at least 4 members (excludes halogenated alkanes) is 2. The van der Waals surface area contributed by atoms with Crippen molar-refractivity contribution in [2.45, 2.75) is 46.0 Å². The Morgan fingerprint density at radius 1 is 0.842 bits per heavy atom. The highest BCUT2D eigenvalue weighted by molar-refractivity contribution is 5.55. The average Bonchev–Trinajstić information content (AvgIpc) is 2.48. The van der Waals surface area contributed by atoms with Crippen molar-refractivity contribution in [3.05, 3.63) is 47.8 Å². The van der Waals surface area contributed by atoms with Gasteiger partial charge in [0.2, 0.25) is 0 Å². The molecule has 0 N–H and O–H groups in total. The maximum atomic E-state index is 4.41. The van der Waals surface area contributed by atoms with Crippen LogP contribution in [0.3, 0.4) is 0 Å². The topological polar surface area (TPSA) is 25.8 Å². The summed E-state index contributed by atoms with van der Waals surface area (Å²) in [5.41, 5.74) is 3.68. The lowest BCUT2D eigenvalue weighted by atomic mass is 10.1. The van der Waals surface area contributed by atoms with Gasteiger partial charge in [0.25, 0.3) is 0 Å². The predicted molar refractivity (Wildman–Crippen MR) is 80.1 cm³/mol. The summed E-state index contributed by atoms with van der Waals surface area (Å²) < 4.78 is 0. The monoisotopic (exact) mass is 254 g/mol. The summed E-state index contributed by atoms with van der Waals surface area (Å²) in [7, 11) is 0. The molecule has 2 aromatic rings. The zero-order chi connectivity index (χ0) is 13.5. The molecule has 0 saturated carbocycles. The van der Waals surface area contributed by atoms with Crippen molar-refractivity contribution in [3.63, 3.8) is 0 Å². The van der Waals surface area contributed by atoms with Gasteiger partial charge in [-0.1, -0.05) is 51.0 Å². The number of benzene rings is 1. The van der Waals surface area contributed by atoms with E-state index in [1.54, 1.807) is 0 Å². The Labute approximate surface area is 115 Å². The zero-order valence-electron chi connectivity index (χ0n) is 11.9. The van der Waals surface area contributed by atoms with E-state index in [9.17, 15) is 0 Å². The van der Waals surface area contributed by atoms with E-state index in [0.29, 0.717) is 0 Å². The molecule has 19 heavy (non-hydrogen) atoms. The minimum atomic E-state index is 0.817. The highest BCUT2D eigenvalue weighted by Crippen LogP contribution is 2.16. The maximum Gasteiger partial charge on any atom is 0.159 e. The molecule has 1 heterocycles. The van der Waals surface area contributed by atoms with Gasteiger partial charge in [0, 0.05) is 18.0 Å². The predicted octanol–water partition coefficient (Wildman–Crippen LogP) is 4.44. The van der Waals surface area contributed by atoms with Crippen LogP contribution in [0.5, 0.6) is 0 Å². The fourth-order valence-electron chi connectivity index (χ4n) is 2.09. The fraction of sp³-hybridized carbons (Fsp3) is 0.412. The van der Waals surface area contributed by atoms with Gasteiger partial charge in [0.05, 0.1) is 0 Å². The molecule has 0 atom stereocenters. The molecule has 2 heteroatoms. The third kappa shape index (κ3) is 3.88. The second kappa shape index (κ2) is 7.03. The normalized spacial score (nSPS) is 10.6. The first kappa shape index (κ1) is 13.7. The summed E-state index contributed by atoms with van der Waals surface area (Å²) in [5.74, 6) is 0.817. The fourth-order valence-corrected chi connectivity index (χ4v) is 2.09. The Balaban J connectivity index is 2.04. The van der Waals surface area contributed by atoms with Crippen LogP contribution in [0.1, 0.15) is 44.2 Å². The Morgan fingerprint density at radius 2 is 1.53 bits per heavy atom. The van der Waals surface area contributed by atoms with Crippen LogP contribution in [0.2, 0.25) is 0 Å². The van der Waals surface area contributed by atoms with Gasteiger partial charge < -0.3 is 0 Å². The standard InChI is InChI=1S/C17H22N2/c1-3-5-6-7-15-8-10-16(11-9-15)17-18-12-14(4-2)13-19-17/h8-13H,3-7H2,1-2H3. The van der Waals surface area contributed by atoms with E-state index in [1.807, 2.05) is 12.4 Å². The number of rotatable bonds is 6. The lowest BCUT2D eigenvalue weighted by molar-refractivity contribution is 0.717. The first-order chi connectivity index (χ1) is 9.33. The van der Waals surface area contributed by atoms with Crippen molar-refractivity contribution >= 4 is 0 Å². The largest absolute Gasteiger partial charge is 0.236 e. The van der Waals surface area contributed by atoms with Crippen molar-refractivity contribution < 1.29 is 0 Å². The van der Waals surface area contributed by atoms with Gasteiger partial charge in [-0.05, 0) is 30.4 Å². The Morgan fingerprint density at radius 3 is 2.11 bits per heavy atom. The van der Waals surface area contributed by atoms with E-state index in [2.05, 4.69) is 48.1 Å². The molecule has 0 bridgehead atoms. The molecule has 0 saturated heterocycles. The first-order valence-corrected chi connectivity index (χ1v) is 7.23. The van der Waals surface area contributed by atoms with Crippen LogP contribution in [0.25, 0.3) is 11.4 Å². The zero-order valence-corrected chi connectivity index (χ0v) is 11.9. The summed E-state index contributed by atoms with van der Waals surface area (Å²) in [6, 6.07) is 8.65. The highest BCUT2D eigenvalue weighted by atomic mass is 14.9. The van der Waals surface area contributed by atoms with Gasteiger partial charge in [0.1, 0.15) is 0 Å². The van der Waals surface area contributed by atoms with Crippen molar-refractivity contribution in [3.8, 4) is 11.4 Å². The summed E-state index contributed by atoms with van der Waals surface area (Å²) >= 11 is 0. The Bertz CT molecular complexity index is 486. The van der Waals surface area contributed by atoms with Gasteiger partial charge in [-0.25, -0.2) is 9.97 Å². The highest BCUT2D eigenvalue weighted by Gasteiger charge is 2.01. The van der Waals surface area contributed by atoms with Crippen LogP contribution in [0, 0.1) is 0 Å². The molecule has 0 aliphatic carbocycles. The van der Waals surface area contributed by atoms with Crippen molar-refractivity contribution in [1.29, 1.82) is 0 Å². The number of aryl methyl sites for hydroxylation is 2. The number of nitrogens with zero attached hydrogens (tertiary/aromatic N) is 2. The van der Waals surface area contributed by atoms with E-state index >= 15 is 0 Å². The third-order valence-corrected chi connectivity index (χ3v) is 3.39. The lowest BCUT2D eigenvalue weighted by Gasteiger charge is -2.04. The van der Waals surface area contributed by atoms with Crippen LogP contribution in [0.4, 0.5) is 0 Å². The Hall–Kier alpha value is -1.70. The van der Waals surface area contributed by atoms with Gasteiger partial charge in [-0.3, -0.25) is 0 Å². The van der Waals surface area contributed by atoms with Gasteiger partial charge in [-0.2, -0.15) is 0 Å². The molecule has 2 nitrogen and oxygen atoms in total. The Kier molecular flexibility index (Phi) is 5.08. The van der Waals surface area contributed by atoms with E-state index in [-0.39, 0.29) is 0 Å². The summed E-state index contributed by atoms with van der Waals surface area (Å²) in [4.78, 5) is 8.83. The molecular formula is C17H22N2. The smallest absolute Gasteiger partial charge is 0.159 e. The maximum absolute atomic E-state index is 4.41. The summed E-state index contributed by atoms with van der Waals surface area (Å²) in [5, 5.41) is 0. The molecule has 2 rings (SSSR count). The van der Waals surface area contributed by atoms with Crippen LogP contribution in [0.15, 0.2) is 36.7 Å². The van der Waals surface area contributed by atoms with Crippen molar-refractivity contribution in [2.75, 3.05) is 0 Å². The number of hydrogen-bond donors (Lipinski definition) is 0. The van der Waals surface area contributed by atoms with Crippen molar-refractivity contribution in [2.24, 2.45) is 0 Å². The molecular weight excluding hydrogens is 232 g/mol. The van der Waals surface area contributed by atoms with Crippen LogP contribution in [-0.2, 0) is 12.8 Å². The van der Waals surface area contributed by atoms with Gasteiger partial charge in [-0.15, -0.1) is 0 Å². The number of hydrogen-bond acceptors (Lipinski definition) is 2. The molecule has 0 aliphatic rings. The van der Waals surface area contributed by atoms with Crippen LogP contribution in [-0.4, -0.2) is 9.97 Å². The molecule has 0 aliphatic heterocycles. The molecule has 100 valence electrons. The lowest BCUT2D eigenvalue weighted by Crippen LogP contribution is -1.92. The van der Waals surface area contributed by atoms with Crippen LogP contribution >= 0.6 is 0 Å². The summed E-state index contributed by atoms with van der Waals surface area (Å²) in [6.07, 6.45) is 9.84. The van der Waals surface area contributed by atoms with E-state index in [4.69, 9.17) is 0 Å². The molecule has 0 fully saturated rings. The van der Waals surface area contributed by atoms with E-state index < -0.39 is 0 Å². The summed E-state index contributed by atoms with van der Waals surface area (Å²) in [6.45, 7) is 4.35. The van der Waals surface area contributed by atoms with Gasteiger partial charge in [0.15, 0.2) is 5.82 Å². The first-order valence-electron chi connectivity index (χ1n) is 7.23. The second-order valence-electron chi connectivity index (χ2n) is 4.92. The van der Waals surface area contributed by atoms with E-state index in [0.717, 1.165) is 17.8 Å². The molecule has 0 amide bonds. The third-order valence-electron chi connectivity index (χ3n) is 3.39. The minimum Gasteiger partial charge on any atom is -0.236 e. The number of aromatic nitrogens is 2. The molecule has 0 radical (unpaired) electrons. The SMILES string of the molecule is CCCCCc1ccc(-c2ncc(CC)cn2)cc1. The quantitative estimate of drug-likeness (QED) is 0.712. The average molecular weight is 254 g/mol. The van der Waals surface area contributed by atoms with E-state index in [1.165, 1.54) is 36.8 Å². The second-order valence-corrected chi connectivity index (χ2v) is 4.92. The molecule has 1 aromatic heterocycles. The molecule has 0 unspecified atom stereocenters. The van der Waals surface area contributed by atoms with Gasteiger partial charge >= 0.3 is 0 Å².